The van der Waals surface area contributed by atoms with Crippen molar-refractivity contribution >= 4 is 5.69 Å². The zero-order valence-corrected chi connectivity index (χ0v) is 10.4. The molecule has 1 aromatic rings. The molecule has 0 fully saturated rings. The number of hydrogen-bond donors (Lipinski definition) is 0. The number of unbranched alkanes of at least 4 members (excludes halogenated alkanes) is 2. The van der Waals surface area contributed by atoms with Crippen LogP contribution in [0.4, 0.5) is 5.69 Å². The lowest BCUT2D eigenvalue weighted by molar-refractivity contribution is -0.386. The summed E-state index contributed by atoms with van der Waals surface area (Å²) < 4.78 is 5.46. The molecular formula is C13H19NO3. The standard InChI is InChI=1S/C13H19NO3/c1-3-4-5-9-17-10-12-8-6-7-11(2)13(12)14(15)16/h6-8H,3-5,9-10H2,1-2H3. The van der Waals surface area contributed by atoms with Crippen LogP contribution in [-0.4, -0.2) is 11.5 Å². The molecular weight excluding hydrogens is 218 g/mol. The van der Waals surface area contributed by atoms with Crippen LogP contribution in [0.15, 0.2) is 18.2 Å². The fraction of sp³-hybridized carbons (Fsp3) is 0.538. The van der Waals surface area contributed by atoms with E-state index in [0.717, 1.165) is 19.3 Å². The summed E-state index contributed by atoms with van der Waals surface area (Å²) in [7, 11) is 0. The molecule has 0 unspecified atom stereocenters. The fourth-order valence-corrected chi connectivity index (χ4v) is 1.73. The van der Waals surface area contributed by atoms with Crippen LogP contribution >= 0.6 is 0 Å². The molecule has 0 amide bonds. The summed E-state index contributed by atoms with van der Waals surface area (Å²) >= 11 is 0. The molecule has 0 aliphatic carbocycles. The van der Waals surface area contributed by atoms with Gasteiger partial charge in [-0.15, -0.1) is 0 Å². The Labute approximate surface area is 102 Å². The number of aryl methyl sites for hydroxylation is 1. The average Bonchev–Trinajstić information content (AvgIpc) is 2.28. The van der Waals surface area contributed by atoms with Crippen molar-refractivity contribution < 1.29 is 9.66 Å². The van der Waals surface area contributed by atoms with Crippen molar-refractivity contribution in [2.24, 2.45) is 0 Å². The quantitative estimate of drug-likeness (QED) is 0.413. The Hall–Kier alpha value is -1.42. The molecule has 0 aliphatic heterocycles. The first-order valence-corrected chi connectivity index (χ1v) is 5.97. The highest BCUT2D eigenvalue weighted by molar-refractivity contribution is 5.46. The minimum atomic E-state index is -0.333. The van der Waals surface area contributed by atoms with E-state index < -0.39 is 0 Å². The molecule has 0 spiro atoms. The van der Waals surface area contributed by atoms with Gasteiger partial charge in [-0.1, -0.05) is 31.9 Å². The first-order valence-electron chi connectivity index (χ1n) is 5.97. The highest BCUT2D eigenvalue weighted by Crippen LogP contribution is 2.23. The summed E-state index contributed by atoms with van der Waals surface area (Å²) in [5, 5.41) is 10.9. The Bertz CT molecular complexity index is 377. The van der Waals surface area contributed by atoms with E-state index in [4.69, 9.17) is 4.74 Å². The maximum atomic E-state index is 10.9. The Morgan fingerprint density at radius 1 is 1.35 bits per heavy atom. The lowest BCUT2D eigenvalue weighted by atomic mass is 10.1. The van der Waals surface area contributed by atoms with Gasteiger partial charge in [0.25, 0.3) is 5.69 Å². The van der Waals surface area contributed by atoms with E-state index in [9.17, 15) is 10.1 Å². The van der Waals surface area contributed by atoms with E-state index in [1.807, 2.05) is 6.07 Å². The van der Waals surface area contributed by atoms with E-state index in [0.29, 0.717) is 24.3 Å². The maximum absolute atomic E-state index is 10.9. The molecule has 0 radical (unpaired) electrons. The smallest absolute Gasteiger partial charge is 0.277 e. The van der Waals surface area contributed by atoms with E-state index in [1.165, 1.54) is 0 Å². The SMILES string of the molecule is CCCCCOCc1cccc(C)c1[N+](=O)[O-]. The van der Waals surface area contributed by atoms with Crippen LogP contribution in [0.5, 0.6) is 0 Å². The summed E-state index contributed by atoms with van der Waals surface area (Å²) in [5.41, 5.74) is 1.53. The minimum absolute atomic E-state index is 0.183. The van der Waals surface area contributed by atoms with Crippen LogP contribution in [0.25, 0.3) is 0 Å². The van der Waals surface area contributed by atoms with E-state index in [2.05, 4.69) is 6.92 Å². The number of para-hydroxylation sites is 1. The van der Waals surface area contributed by atoms with E-state index >= 15 is 0 Å². The number of benzene rings is 1. The van der Waals surface area contributed by atoms with Crippen molar-refractivity contribution in [1.29, 1.82) is 0 Å². The molecule has 0 heterocycles. The van der Waals surface area contributed by atoms with Crippen LogP contribution in [0.3, 0.4) is 0 Å². The van der Waals surface area contributed by atoms with E-state index in [-0.39, 0.29) is 10.6 Å². The van der Waals surface area contributed by atoms with Gasteiger partial charge in [0.05, 0.1) is 17.1 Å². The molecule has 0 saturated carbocycles. The Kier molecular flexibility index (Phi) is 5.63. The van der Waals surface area contributed by atoms with Gasteiger partial charge >= 0.3 is 0 Å². The first kappa shape index (κ1) is 13.6. The summed E-state index contributed by atoms with van der Waals surface area (Å²) in [5.74, 6) is 0. The zero-order chi connectivity index (χ0) is 12.7. The molecule has 0 aromatic heterocycles. The Balaban J connectivity index is 2.58. The fourth-order valence-electron chi connectivity index (χ4n) is 1.73. The second-order valence-corrected chi connectivity index (χ2v) is 4.10. The average molecular weight is 237 g/mol. The monoisotopic (exact) mass is 237 g/mol. The van der Waals surface area contributed by atoms with Gasteiger partial charge in [0.2, 0.25) is 0 Å². The number of nitrogens with zero attached hydrogens (tertiary/aromatic N) is 1. The van der Waals surface area contributed by atoms with Crippen molar-refractivity contribution in [2.45, 2.75) is 39.7 Å². The lowest BCUT2D eigenvalue weighted by Gasteiger charge is -2.06. The maximum Gasteiger partial charge on any atom is 0.277 e. The minimum Gasteiger partial charge on any atom is -0.377 e. The third kappa shape index (κ3) is 4.15. The number of nitro groups is 1. The molecule has 0 atom stereocenters. The molecule has 17 heavy (non-hydrogen) atoms. The summed E-state index contributed by atoms with van der Waals surface area (Å²) in [6, 6.07) is 5.33. The molecule has 1 aromatic carbocycles. The third-order valence-corrected chi connectivity index (χ3v) is 2.65. The predicted octanol–water partition coefficient (Wildman–Crippen LogP) is 3.61. The number of nitro benzene ring substituents is 1. The topological polar surface area (TPSA) is 52.4 Å². The summed E-state index contributed by atoms with van der Waals surface area (Å²) in [6.07, 6.45) is 3.29. The van der Waals surface area contributed by atoms with Crippen LogP contribution in [0.1, 0.15) is 37.3 Å². The van der Waals surface area contributed by atoms with Crippen LogP contribution in [-0.2, 0) is 11.3 Å². The zero-order valence-electron chi connectivity index (χ0n) is 10.4. The highest BCUT2D eigenvalue weighted by atomic mass is 16.6. The second-order valence-electron chi connectivity index (χ2n) is 4.10. The van der Waals surface area contributed by atoms with Crippen molar-refractivity contribution in [3.63, 3.8) is 0 Å². The van der Waals surface area contributed by atoms with Gasteiger partial charge in [0.15, 0.2) is 0 Å². The first-order chi connectivity index (χ1) is 8.16. The van der Waals surface area contributed by atoms with Gasteiger partial charge in [-0.3, -0.25) is 10.1 Å². The van der Waals surface area contributed by atoms with Gasteiger partial charge < -0.3 is 4.74 Å². The largest absolute Gasteiger partial charge is 0.377 e. The number of ether oxygens (including phenoxy) is 1. The molecule has 0 bridgehead atoms. The van der Waals surface area contributed by atoms with Crippen LogP contribution in [0, 0.1) is 17.0 Å². The van der Waals surface area contributed by atoms with Crippen molar-refractivity contribution in [3.8, 4) is 0 Å². The van der Waals surface area contributed by atoms with Gasteiger partial charge in [0, 0.05) is 12.2 Å². The van der Waals surface area contributed by atoms with Crippen LogP contribution < -0.4 is 0 Å². The molecule has 1 rings (SSSR count). The van der Waals surface area contributed by atoms with Gasteiger partial charge in [0.1, 0.15) is 0 Å². The lowest BCUT2D eigenvalue weighted by Crippen LogP contribution is -2.01. The normalized spacial score (nSPS) is 10.5. The molecule has 0 aliphatic rings. The van der Waals surface area contributed by atoms with Crippen LogP contribution in [0.2, 0.25) is 0 Å². The van der Waals surface area contributed by atoms with Crippen molar-refractivity contribution in [1.82, 2.24) is 0 Å². The molecule has 4 heteroatoms. The summed E-state index contributed by atoms with van der Waals surface area (Å²) in [4.78, 5) is 10.6. The molecule has 94 valence electrons. The number of rotatable bonds is 7. The van der Waals surface area contributed by atoms with Gasteiger partial charge in [-0.25, -0.2) is 0 Å². The van der Waals surface area contributed by atoms with Gasteiger partial charge in [-0.05, 0) is 19.4 Å². The second kappa shape index (κ2) is 7.01. The third-order valence-electron chi connectivity index (χ3n) is 2.65. The predicted molar refractivity (Wildman–Crippen MR) is 67.0 cm³/mol. The number of hydrogen-bond acceptors (Lipinski definition) is 3. The summed E-state index contributed by atoms with van der Waals surface area (Å²) in [6.45, 7) is 4.87. The molecule has 0 saturated heterocycles. The van der Waals surface area contributed by atoms with E-state index in [1.54, 1.807) is 19.1 Å². The van der Waals surface area contributed by atoms with Crippen molar-refractivity contribution in [2.75, 3.05) is 6.61 Å². The van der Waals surface area contributed by atoms with Gasteiger partial charge in [-0.2, -0.15) is 0 Å². The highest BCUT2D eigenvalue weighted by Gasteiger charge is 2.16. The molecule has 0 N–H and O–H groups in total. The Morgan fingerprint density at radius 2 is 2.12 bits per heavy atom. The molecule has 4 nitrogen and oxygen atoms in total. The Morgan fingerprint density at radius 3 is 2.76 bits per heavy atom. The van der Waals surface area contributed by atoms with Crippen molar-refractivity contribution in [3.05, 3.63) is 39.4 Å².